The van der Waals surface area contributed by atoms with Gasteiger partial charge in [0.05, 0.1) is 11.5 Å². The third kappa shape index (κ3) is 3.97. The molecule has 4 rings (SSSR count). The van der Waals surface area contributed by atoms with E-state index in [0.717, 1.165) is 15.7 Å². The second-order valence-electron chi connectivity index (χ2n) is 7.75. The maximum atomic E-state index is 13.0. The molecule has 164 valence electrons. The van der Waals surface area contributed by atoms with Crippen molar-refractivity contribution in [2.75, 3.05) is 13.2 Å². The van der Waals surface area contributed by atoms with Crippen molar-refractivity contribution in [3.05, 3.63) is 82.4 Å². The van der Waals surface area contributed by atoms with E-state index in [4.69, 9.17) is 4.74 Å². The summed E-state index contributed by atoms with van der Waals surface area (Å²) in [6.07, 6.45) is -1.12. The summed E-state index contributed by atoms with van der Waals surface area (Å²) in [4.78, 5) is 36.8. The highest BCUT2D eigenvalue weighted by atomic mass is 16.6. The Kier molecular flexibility index (Phi) is 5.50. The number of amides is 3. The van der Waals surface area contributed by atoms with Crippen LogP contribution in [-0.2, 0) is 10.3 Å². The van der Waals surface area contributed by atoms with Gasteiger partial charge in [0.25, 0.3) is 11.6 Å². The van der Waals surface area contributed by atoms with Crippen LogP contribution in [0.25, 0.3) is 10.8 Å². The van der Waals surface area contributed by atoms with Crippen LogP contribution in [-0.4, -0.2) is 46.1 Å². The van der Waals surface area contributed by atoms with E-state index in [-0.39, 0.29) is 24.4 Å². The van der Waals surface area contributed by atoms with Crippen molar-refractivity contribution in [1.29, 1.82) is 0 Å². The molecule has 0 aliphatic carbocycles. The van der Waals surface area contributed by atoms with Crippen LogP contribution in [0.1, 0.15) is 12.5 Å². The van der Waals surface area contributed by atoms with Crippen molar-refractivity contribution in [2.45, 2.75) is 18.6 Å². The van der Waals surface area contributed by atoms with Crippen LogP contribution in [0.4, 0.5) is 10.5 Å². The predicted molar refractivity (Wildman–Crippen MR) is 116 cm³/mol. The lowest BCUT2D eigenvalue weighted by Crippen LogP contribution is -2.42. The first-order valence-corrected chi connectivity index (χ1v) is 9.96. The molecule has 3 aromatic rings. The molecular formula is C23H21N3O6. The third-order valence-electron chi connectivity index (χ3n) is 5.47. The molecule has 1 heterocycles. The van der Waals surface area contributed by atoms with Crippen molar-refractivity contribution < 1.29 is 24.4 Å². The summed E-state index contributed by atoms with van der Waals surface area (Å²) in [5.74, 6) is -0.0471. The van der Waals surface area contributed by atoms with Gasteiger partial charge in [0.1, 0.15) is 24.0 Å². The normalized spacial score (nSPS) is 19.1. The molecule has 32 heavy (non-hydrogen) atoms. The number of nitro benzene ring substituents is 1. The molecule has 1 aliphatic rings. The predicted octanol–water partition coefficient (Wildman–Crippen LogP) is 2.95. The lowest BCUT2D eigenvalue weighted by atomic mass is 9.91. The zero-order valence-corrected chi connectivity index (χ0v) is 17.2. The minimum atomic E-state index is -1.47. The number of aliphatic hydroxyl groups is 1. The van der Waals surface area contributed by atoms with E-state index in [9.17, 15) is 24.8 Å². The standard InChI is InChI=1S/C23H21N3O6/c1-23(17-7-4-8-18(12-17)26(30)31)21(28)25(22(29)24-23)13-19(27)14-32-20-10-9-15-5-2-3-6-16(15)11-20/h2-12,19,27H,13-14H2,1H3,(H,24,29). The van der Waals surface area contributed by atoms with Crippen molar-refractivity contribution in [3.8, 4) is 5.75 Å². The molecule has 2 atom stereocenters. The van der Waals surface area contributed by atoms with Crippen molar-refractivity contribution in [1.82, 2.24) is 10.2 Å². The second kappa shape index (κ2) is 8.27. The van der Waals surface area contributed by atoms with Gasteiger partial charge < -0.3 is 15.2 Å². The molecule has 0 aromatic heterocycles. The lowest BCUT2D eigenvalue weighted by Gasteiger charge is -2.23. The van der Waals surface area contributed by atoms with Gasteiger partial charge in [-0.25, -0.2) is 4.79 Å². The zero-order chi connectivity index (χ0) is 22.9. The molecule has 0 bridgehead atoms. The lowest BCUT2D eigenvalue weighted by molar-refractivity contribution is -0.385. The van der Waals surface area contributed by atoms with Crippen LogP contribution in [0.5, 0.6) is 5.75 Å². The molecule has 0 spiro atoms. The van der Waals surface area contributed by atoms with Gasteiger partial charge in [-0.1, -0.05) is 42.5 Å². The molecule has 9 heteroatoms. The second-order valence-corrected chi connectivity index (χ2v) is 7.75. The summed E-state index contributed by atoms with van der Waals surface area (Å²) < 4.78 is 5.64. The first kappa shape index (κ1) is 21.3. The highest BCUT2D eigenvalue weighted by Gasteiger charge is 2.49. The molecule has 3 aromatic carbocycles. The number of urea groups is 1. The van der Waals surface area contributed by atoms with Gasteiger partial charge in [-0.3, -0.25) is 19.8 Å². The number of non-ortho nitro benzene ring substituents is 1. The first-order chi connectivity index (χ1) is 15.3. The third-order valence-corrected chi connectivity index (χ3v) is 5.47. The van der Waals surface area contributed by atoms with E-state index in [1.54, 1.807) is 6.07 Å². The van der Waals surface area contributed by atoms with Gasteiger partial charge in [0, 0.05) is 12.1 Å². The number of benzene rings is 3. The van der Waals surface area contributed by atoms with Crippen LogP contribution in [0.15, 0.2) is 66.7 Å². The maximum absolute atomic E-state index is 13.0. The zero-order valence-electron chi connectivity index (χ0n) is 17.2. The summed E-state index contributed by atoms with van der Waals surface area (Å²) in [6, 6.07) is 18.2. The summed E-state index contributed by atoms with van der Waals surface area (Å²) >= 11 is 0. The number of carbonyl (C=O) groups excluding carboxylic acids is 2. The molecule has 9 nitrogen and oxygen atoms in total. The van der Waals surface area contributed by atoms with Gasteiger partial charge in [-0.15, -0.1) is 0 Å². The molecule has 0 saturated carbocycles. The fraction of sp³-hybridized carbons (Fsp3) is 0.217. The van der Waals surface area contributed by atoms with E-state index in [1.165, 1.54) is 31.2 Å². The number of β-amino-alcohol motifs (C(OH)–C–C–N with tert-alkyl or cyclic N) is 1. The molecule has 1 fully saturated rings. The molecule has 0 radical (unpaired) electrons. The van der Waals surface area contributed by atoms with Gasteiger partial charge >= 0.3 is 6.03 Å². The Bertz CT molecular complexity index is 1210. The van der Waals surface area contributed by atoms with Crippen LogP contribution < -0.4 is 10.1 Å². The Morgan fingerprint density at radius 3 is 2.59 bits per heavy atom. The van der Waals surface area contributed by atoms with E-state index < -0.39 is 28.5 Å². The number of hydrogen-bond donors (Lipinski definition) is 2. The van der Waals surface area contributed by atoms with Crippen LogP contribution in [0.2, 0.25) is 0 Å². The average molecular weight is 435 g/mol. The number of nitrogens with zero attached hydrogens (tertiary/aromatic N) is 2. The van der Waals surface area contributed by atoms with Crippen LogP contribution >= 0.6 is 0 Å². The Morgan fingerprint density at radius 1 is 1.09 bits per heavy atom. The minimum Gasteiger partial charge on any atom is -0.491 e. The quantitative estimate of drug-likeness (QED) is 0.334. The monoisotopic (exact) mass is 435 g/mol. The van der Waals surface area contributed by atoms with Crippen LogP contribution in [0.3, 0.4) is 0 Å². The van der Waals surface area contributed by atoms with Crippen molar-refractivity contribution >= 4 is 28.4 Å². The number of hydrogen-bond acceptors (Lipinski definition) is 6. The van der Waals surface area contributed by atoms with E-state index in [1.807, 2.05) is 36.4 Å². The number of carbonyl (C=O) groups is 2. The first-order valence-electron chi connectivity index (χ1n) is 9.96. The molecular weight excluding hydrogens is 414 g/mol. The smallest absolute Gasteiger partial charge is 0.325 e. The highest BCUT2D eigenvalue weighted by molar-refractivity contribution is 6.07. The minimum absolute atomic E-state index is 0.122. The van der Waals surface area contributed by atoms with Gasteiger partial charge in [0.15, 0.2) is 0 Å². The topological polar surface area (TPSA) is 122 Å². The number of nitrogens with one attached hydrogen (secondary N) is 1. The van der Waals surface area contributed by atoms with Crippen molar-refractivity contribution in [3.63, 3.8) is 0 Å². The molecule has 2 unspecified atom stereocenters. The Hall–Kier alpha value is -3.98. The summed E-state index contributed by atoms with van der Waals surface area (Å²) in [6.45, 7) is 1.08. The Morgan fingerprint density at radius 2 is 1.84 bits per heavy atom. The van der Waals surface area contributed by atoms with E-state index in [0.29, 0.717) is 5.75 Å². The highest BCUT2D eigenvalue weighted by Crippen LogP contribution is 2.31. The molecule has 1 aliphatic heterocycles. The number of imide groups is 1. The number of nitro groups is 1. The number of aliphatic hydroxyl groups excluding tert-OH is 1. The molecule has 1 saturated heterocycles. The largest absolute Gasteiger partial charge is 0.491 e. The fourth-order valence-corrected chi connectivity index (χ4v) is 3.70. The van der Waals surface area contributed by atoms with Crippen molar-refractivity contribution in [2.24, 2.45) is 0 Å². The van der Waals surface area contributed by atoms with E-state index in [2.05, 4.69) is 5.32 Å². The summed E-state index contributed by atoms with van der Waals surface area (Å²) in [5.41, 5.74) is -1.37. The van der Waals surface area contributed by atoms with Gasteiger partial charge in [0.2, 0.25) is 0 Å². The van der Waals surface area contributed by atoms with E-state index >= 15 is 0 Å². The van der Waals surface area contributed by atoms with Gasteiger partial charge in [-0.05, 0) is 35.4 Å². The van der Waals surface area contributed by atoms with Crippen LogP contribution in [0, 0.1) is 10.1 Å². The fourth-order valence-electron chi connectivity index (χ4n) is 3.70. The SMILES string of the molecule is CC1(c2cccc([N+](=O)[O-])c2)NC(=O)N(CC(O)COc2ccc3ccccc3c2)C1=O. The number of fused-ring (bicyclic) bond motifs is 1. The number of ether oxygens (including phenoxy) is 1. The number of rotatable bonds is 7. The van der Waals surface area contributed by atoms with Gasteiger partial charge in [-0.2, -0.15) is 0 Å². The molecule has 3 amide bonds. The summed E-state index contributed by atoms with van der Waals surface area (Å²) in [5, 5.41) is 26.1. The average Bonchev–Trinajstić information content (AvgIpc) is 3.01. The Labute approximate surface area is 183 Å². The summed E-state index contributed by atoms with van der Waals surface area (Å²) in [7, 11) is 0. The molecule has 2 N–H and O–H groups in total. The Balaban J connectivity index is 1.43. The maximum Gasteiger partial charge on any atom is 0.325 e.